The van der Waals surface area contributed by atoms with E-state index in [1.165, 1.54) is 5.39 Å². The molecule has 0 amide bonds. The number of rotatable bonds is 3. The van der Waals surface area contributed by atoms with Gasteiger partial charge in [-0.2, -0.15) is 0 Å². The van der Waals surface area contributed by atoms with Crippen molar-refractivity contribution in [2.45, 2.75) is 6.54 Å². The third-order valence-electron chi connectivity index (χ3n) is 2.78. The highest BCUT2D eigenvalue weighted by Gasteiger charge is 1.94. The van der Waals surface area contributed by atoms with E-state index in [2.05, 4.69) is 28.2 Å². The van der Waals surface area contributed by atoms with Crippen molar-refractivity contribution in [3.8, 4) is 0 Å². The van der Waals surface area contributed by atoms with Crippen LogP contribution in [0.3, 0.4) is 0 Å². The lowest BCUT2D eigenvalue weighted by molar-refractivity contribution is 0.823. The molecular weight excluding hydrogens is 222 g/mol. The number of nitrogens with zero attached hydrogens (tertiary/aromatic N) is 3. The average molecular weight is 235 g/mol. The predicted octanol–water partition coefficient (Wildman–Crippen LogP) is 3.14. The van der Waals surface area contributed by atoms with Gasteiger partial charge in [-0.05, 0) is 18.2 Å². The molecule has 3 rings (SSSR count). The van der Waals surface area contributed by atoms with Crippen LogP contribution in [-0.4, -0.2) is 14.5 Å². The highest BCUT2D eigenvalue weighted by molar-refractivity contribution is 5.79. The van der Waals surface area contributed by atoms with E-state index >= 15 is 0 Å². The molecule has 0 radical (unpaired) electrons. The van der Waals surface area contributed by atoms with Crippen LogP contribution in [0, 0.1) is 0 Å². The molecule has 1 aromatic carbocycles. The molecule has 3 aromatic rings. The normalized spacial score (nSPS) is 11.3. The molecule has 0 saturated carbocycles. The van der Waals surface area contributed by atoms with E-state index in [0.717, 1.165) is 17.8 Å². The number of imidazole rings is 1. The molecule has 0 atom stereocenters. The third kappa shape index (κ3) is 2.30. The van der Waals surface area contributed by atoms with E-state index in [-0.39, 0.29) is 0 Å². The van der Waals surface area contributed by atoms with Crippen LogP contribution in [0.4, 0.5) is 0 Å². The minimum Gasteiger partial charge on any atom is -0.334 e. The second-order valence-electron chi connectivity index (χ2n) is 4.09. The summed E-state index contributed by atoms with van der Waals surface area (Å²) in [4.78, 5) is 8.58. The lowest BCUT2D eigenvalue weighted by Gasteiger charge is -1.98. The van der Waals surface area contributed by atoms with E-state index < -0.39 is 0 Å². The molecule has 0 aliphatic heterocycles. The van der Waals surface area contributed by atoms with Crippen LogP contribution in [0.2, 0.25) is 0 Å². The number of hydrogen-bond donors (Lipinski definition) is 0. The molecule has 0 spiro atoms. The standard InChI is InChI=1S/C15H13N3/c1-2-6-15-13(4-1)7-8-14(17-15)5-3-10-18-11-9-16-12-18/h1-9,11-12H,10H2/b5-3+. The van der Waals surface area contributed by atoms with E-state index in [9.17, 15) is 0 Å². The van der Waals surface area contributed by atoms with Crippen LogP contribution < -0.4 is 0 Å². The summed E-state index contributed by atoms with van der Waals surface area (Å²) in [5, 5.41) is 1.17. The van der Waals surface area contributed by atoms with Crippen molar-refractivity contribution in [1.29, 1.82) is 0 Å². The van der Waals surface area contributed by atoms with Crippen molar-refractivity contribution in [1.82, 2.24) is 14.5 Å². The van der Waals surface area contributed by atoms with Gasteiger partial charge in [0.1, 0.15) is 0 Å². The summed E-state index contributed by atoms with van der Waals surface area (Å²) in [6.45, 7) is 0.814. The predicted molar refractivity (Wildman–Crippen MR) is 73.0 cm³/mol. The smallest absolute Gasteiger partial charge is 0.0948 e. The Labute approximate surface area is 105 Å². The van der Waals surface area contributed by atoms with Gasteiger partial charge in [-0.3, -0.25) is 0 Å². The van der Waals surface area contributed by atoms with Gasteiger partial charge in [0, 0.05) is 24.3 Å². The van der Waals surface area contributed by atoms with Crippen molar-refractivity contribution in [2.75, 3.05) is 0 Å². The molecule has 0 unspecified atom stereocenters. The maximum Gasteiger partial charge on any atom is 0.0948 e. The molecule has 3 heteroatoms. The first kappa shape index (κ1) is 10.7. The SMILES string of the molecule is C(=C\c1ccc2ccccc2n1)/Cn1ccnc1. The van der Waals surface area contributed by atoms with Crippen molar-refractivity contribution in [3.05, 3.63) is 66.9 Å². The monoisotopic (exact) mass is 235 g/mol. The van der Waals surface area contributed by atoms with Crippen LogP contribution in [0.25, 0.3) is 17.0 Å². The molecule has 2 heterocycles. The first-order valence-electron chi connectivity index (χ1n) is 5.90. The number of pyridine rings is 1. The largest absolute Gasteiger partial charge is 0.334 e. The van der Waals surface area contributed by atoms with Crippen molar-refractivity contribution < 1.29 is 0 Å². The zero-order chi connectivity index (χ0) is 12.2. The van der Waals surface area contributed by atoms with E-state index in [4.69, 9.17) is 0 Å². The van der Waals surface area contributed by atoms with E-state index in [1.807, 2.05) is 41.1 Å². The minimum absolute atomic E-state index is 0.814. The molecule has 88 valence electrons. The Morgan fingerprint density at radius 1 is 1.11 bits per heavy atom. The van der Waals surface area contributed by atoms with Gasteiger partial charge < -0.3 is 4.57 Å². The van der Waals surface area contributed by atoms with Gasteiger partial charge in [0.25, 0.3) is 0 Å². The van der Waals surface area contributed by atoms with E-state index in [0.29, 0.717) is 0 Å². The molecule has 2 aromatic heterocycles. The fourth-order valence-electron chi connectivity index (χ4n) is 1.86. The summed E-state index contributed by atoms with van der Waals surface area (Å²) in [6.07, 6.45) is 9.64. The van der Waals surface area contributed by atoms with Gasteiger partial charge in [-0.25, -0.2) is 9.97 Å². The van der Waals surface area contributed by atoms with Gasteiger partial charge in [-0.1, -0.05) is 30.3 Å². The molecule has 0 bridgehead atoms. The summed E-state index contributed by atoms with van der Waals surface area (Å²) in [5.74, 6) is 0. The zero-order valence-corrected chi connectivity index (χ0v) is 9.90. The summed E-state index contributed by atoms with van der Waals surface area (Å²) in [6, 6.07) is 12.3. The molecule has 0 saturated heterocycles. The Morgan fingerprint density at radius 2 is 2.06 bits per heavy atom. The zero-order valence-electron chi connectivity index (χ0n) is 9.90. The van der Waals surface area contributed by atoms with Crippen LogP contribution in [0.15, 0.2) is 61.2 Å². The van der Waals surface area contributed by atoms with Gasteiger partial charge in [-0.15, -0.1) is 0 Å². The van der Waals surface area contributed by atoms with Gasteiger partial charge >= 0.3 is 0 Å². The molecule has 0 aliphatic rings. The highest BCUT2D eigenvalue weighted by atomic mass is 15.0. The second-order valence-corrected chi connectivity index (χ2v) is 4.09. The minimum atomic E-state index is 0.814. The quantitative estimate of drug-likeness (QED) is 0.698. The number of para-hydroxylation sites is 1. The van der Waals surface area contributed by atoms with Crippen LogP contribution >= 0.6 is 0 Å². The second kappa shape index (κ2) is 4.84. The summed E-state index contributed by atoms with van der Waals surface area (Å²) in [5.41, 5.74) is 2.01. The first-order chi connectivity index (χ1) is 8.92. The van der Waals surface area contributed by atoms with Crippen LogP contribution in [0.5, 0.6) is 0 Å². The maximum atomic E-state index is 4.58. The lowest BCUT2D eigenvalue weighted by atomic mass is 10.2. The highest BCUT2D eigenvalue weighted by Crippen LogP contribution is 2.12. The third-order valence-corrected chi connectivity index (χ3v) is 2.78. The summed E-state index contributed by atoms with van der Waals surface area (Å²) < 4.78 is 2.01. The van der Waals surface area contributed by atoms with Gasteiger partial charge in [0.05, 0.1) is 17.5 Å². The Balaban J connectivity index is 1.80. The summed E-state index contributed by atoms with van der Waals surface area (Å²) >= 11 is 0. The van der Waals surface area contributed by atoms with Crippen molar-refractivity contribution >= 4 is 17.0 Å². The Hall–Kier alpha value is -2.42. The average Bonchev–Trinajstić information content (AvgIpc) is 2.92. The number of fused-ring (bicyclic) bond motifs is 1. The molecule has 18 heavy (non-hydrogen) atoms. The van der Waals surface area contributed by atoms with E-state index in [1.54, 1.807) is 12.5 Å². The van der Waals surface area contributed by atoms with Crippen LogP contribution in [0.1, 0.15) is 5.69 Å². The molecule has 3 nitrogen and oxygen atoms in total. The fourth-order valence-corrected chi connectivity index (χ4v) is 1.86. The van der Waals surface area contributed by atoms with Crippen molar-refractivity contribution in [3.63, 3.8) is 0 Å². The number of aromatic nitrogens is 3. The van der Waals surface area contributed by atoms with Gasteiger partial charge in [0.2, 0.25) is 0 Å². The topological polar surface area (TPSA) is 30.7 Å². The molecular formula is C15H13N3. The molecule has 0 N–H and O–H groups in total. The Kier molecular flexibility index (Phi) is 2.88. The molecule has 0 aliphatic carbocycles. The Bertz CT molecular complexity index is 669. The number of allylic oxidation sites excluding steroid dienone is 1. The fraction of sp³-hybridized carbons (Fsp3) is 0.0667. The number of hydrogen-bond acceptors (Lipinski definition) is 2. The molecule has 0 fully saturated rings. The van der Waals surface area contributed by atoms with Gasteiger partial charge in [0.15, 0.2) is 0 Å². The number of benzene rings is 1. The summed E-state index contributed by atoms with van der Waals surface area (Å²) in [7, 11) is 0. The Morgan fingerprint density at radius 3 is 2.94 bits per heavy atom. The maximum absolute atomic E-state index is 4.58. The lowest BCUT2D eigenvalue weighted by Crippen LogP contribution is -1.90. The van der Waals surface area contributed by atoms with Crippen molar-refractivity contribution in [2.24, 2.45) is 0 Å². The first-order valence-corrected chi connectivity index (χ1v) is 5.90. The van der Waals surface area contributed by atoms with Crippen LogP contribution in [-0.2, 0) is 6.54 Å².